The van der Waals surface area contributed by atoms with Crippen molar-refractivity contribution in [1.82, 2.24) is 9.62 Å². The molecule has 0 saturated carbocycles. The second-order valence-electron chi connectivity index (χ2n) is 4.99. The molecule has 0 aromatic carbocycles. The molecule has 1 aromatic heterocycles. The van der Waals surface area contributed by atoms with E-state index < -0.39 is 10.0 Å². The van der Waals surface area contributed by atoms with Crippen molar-refractivity contribution in [1.29, 1.82) is 0 Å². The lowest BCUT2D eigenvalue weighted by Crippen LogP contribution is -2.34. The molecule has 1 aliphatic heterocycles. The van der Waals surface area contributed by atoms with E-state index in [-0.39, 0.29) is 0 Å². The standard InChI is InChI=1S/C14H22N2O2S2/c1-3-15-9-6-13-4-5-14(19-13)20(17,18)16-10-7-12(2)8-11-16/h4-5,7,15H,3,6,8-11H2,1-2H3. The molecule has 1 aliphatic rings. The maximum Gasteiger partial charge on any atom is 0.252 e. The van der Waals surface area contributed by atoms with E-state index in [2.05, 4.69) is 12.2 Å². The van der Waals surface area contributed by atoms with Gasteiger partial charge in [0.25, 0.3) is 10.0 Å². The summed E-state index contributed by atoms with van der Waals surface area (Å²) < 4.78 is 27.1. The molecule has 0 aliphatic carbocycles. The Kier molecular flexibility index (Phi) is 5.37. The third kappa shape index (κ3) is 3.69. The smallest absolute Gasteiger partial charge is 0.252 e. The van der Waals surface area contributed by atoms with E-state index in [9.17, 15) is 8.42 Å². The molecule has 0 fully saturated rings. The summed E-state index contributed by atoms with van der Waals surface area (Å²) >= 11 is 1.39. The first-order valence-corrected chi connectivity index (χ1v) is 9.25. The van der Waals surface area contributed by atoms with Gasteiger partial charge in [0.05, 0.1) is 0 Å². The molecule has 0 amide bonds. The molecule has 2 rings (SSSR count). The van der Waals surface area contributed by atoms with Crippen LogP contribution in [0.25, 0.3) is 0 Å². The summed E-state index contributed by atoms with van der Waals surface area (Å²) in [7, 11) is -3.31. The Morgan fingerprint density at radius 3 is 2.85 bits per heavy atom. The van der Waals surface area contributed by atoms with E-state index in [0.717, 1.165) is 30.8 Å². The van der Waals surface area contributed by atoms with Crippen molar-refractivity contribution in [2.24, 2.45) is 0 Å². The third-order valence-corrected chi connectivity index (χ3v) is 6.91. The Morgan fingerprint density at radius 1 is 1.40 bits per heavy atom. The first-order chi connectivity index (χ1) is 9.54. The molecule has 112 valence electrons. The average Bonchev–Trinajstić information content (AvgIpc) is 2.89. The number of thiophene rings is 1. The highest BCUT2D eigenvalue weighted by Crippen LogP contribution is 2.27. The van der Waals surface area contributed by atoms with Crippen LogP contribution in [0.1, 0.15) is 25.1 Å². The number of sulfonamides is 1. The Morgan fingerprint density at radius 2 is 2.20 bits per heavy atom. The topological polar surface area (TPSA) is 49.4 Å². The van der Waals surface area contributed by atoms with Crippen molar-refractivity contribution in [2.75, 3.05) is 26.2 Å². The normalized spacial score (nSPS) is 17.2. The molecule has 6 heteroatoms. The quantitative estimate of drug-likeness (QED) is 0.647. The number of nitrogens with zero attached hydrogens (tertiary/aromatic N) is 1. The van der Waals surface area contributed by atoms with Crippen LogP contribution in [0.4, 0.5) is 0 Å². The van der Waals surface area contributed by atoms with Gasteiger partial charge in [-0.05, 0) is 45.0 Å². The Hall–Kier alpha value is -0.690. The lowest BCUT2D eigenvalue weighted by molar-refractivity contribution is 0.433. The molecule has 1 N–H and O–H groups in total. The average molecular weight is 314 g/mol. The van der Waals surface area contributed by atoms with Crippen LogP contribution in [-0.4, -0.2) is 38.9 Å². The highest BCUT2D eigenvalue weighted by Gasteiger charge is 2.26. The molecule has 0 spiro atoms. The van der Waals surface area contributed by atoms with Gasteiger partial charge < -0.3 is 5.32 Å². The van der Waals surface area contributed by atoms with Crippen molar-refractivity contribution < 1.29 is 8.42 Å². The molecule has 0 unspecified atom stereocenters. The van der Waals surface area contributed by atoms with Crippen LogP contribution in [0.5, 0.6) is 0 Å². The van der Waals surface area contributed by atoms with Gasteiger partial charge >= 0.3 is 0 Å². The lowest BCUT2D eigenvalue weighted by Gasteiger charge is -2.23. The molecule has 0 atom stereocenters. The summed E-state index contributed by atoms with van der Waals surface area (Å²) in [5.74, 6) is 0. The van der Waals surface area contributed by atoms with Crippen molar-refractivity contribution in [3.63, 3.8) is 0 Å². The maximum absolute atomic E-state index is 12.5. The number of hydrogen-bond acceptors (Lipinski definition) is 4. The second-order valence-corrected chi connectivity index (χ2v) is 8.32. The van der Waals surface area contributed by atoms with Crippen LogP contribution < -0.4 is 5.32 Å². The summed E-state index contributed by atoms with van der Waals surface area (Å²) in [6.07, 6.45) is 3.71. The molecule has 20 heavy (non-hydrogen) atoms. The van der Waals surface area contributed by atoms with Gasteiger partial charge in [-0.15, -0.1) is 11.3 Å². The van der Waals surface area contributed by atoms with E-state index in [0.29, 0.717) is 17.3 Å². The Balaban J connectivity index is 2.06. The molecular formula is C14H22N2O2S2. The zero-order chi connectivity index (χ0) is 14.6. The van der Waals surface area contributed by atoms with E-state index in [1.165, 1.54) is 16.9 Å². The SMILES string of the molecule is CCNCCc1ccc(S(=O)(=O)N2CC=C(C)CC2)s1. The number of rotatable bonds is 6. The fourth-order valence-electron chi connectivity index (χ4n) is 2.12. The summed E-state index contributed by atoms with van der Waals surface area (Å²) in [5.41, 5.74) is 1.27. The Labute approximate surface area is 125 Å². The largest absolute Gasteiger partial charge is 0.317 e. The first kappa shape index (κ1) is 15.7. The fraction of sp³-hybridized carbons (Fsp3) is 0.571. The van der Waals surface area contributed by atoms with Crippen molar-refractivity contribution in [2.45, 2.75) is 30.9 Å². The lowest BCUT2D eigenvalue weighted by atomic mass is 10.1. The zero-order valence-corrected chi connectivity index (χ0v) is 13.7. The van der Waals surface area contributed by atoms with Gasteiger partial charge in [-0.3, -0.25) is 0 Å². The number of nitrogens with one attached hydrogen (secondary N) is 1. The highest BCUT2D eigenvalue weighted by molar-refractivity contribution is 7.91. The van der Waals surface area contributed by atoms with E-state index in [1.807, 2.05) is 19.1 Å². The predicted molar refractivity (Wildman–Crippen MR) is 83.7 cm³/mol. The van der Waals surface area contributed by atoms with Crippen LogP contribution in [0.2, 0.25) is 0 Å². The molecular weight excluding hydrogens is 292 g/mol. The van der Waals surface area contributed by atoms with Gasteiger partial charge in [0.15, 0.2) is 0 Å². The van der Waals surface area contributed by atoms with Gasteiger partial charge in [0, 0.05) is 18.0 Å². The molecule has 0 radical (unpaired) electrons. The van der Waals surface area contributed by atoms with Gasteiger partial charge in [-0.25, -0.2) is 8.42 Å². The highest BCUT2D eigenvalue weighted by atomic mass is 32.2. The number of likely N-dealkylation sites (N-methyl/N-ethyl adjacent to an activating group) is 1. The van der Waals surface area contributed by atoms with E-state index >= 15 is 0 Å². The molecule has 4 nitrogen and oxygen atoms in total. The minimum Gasteiger partial charge on any atom is -0.317 e. The minimum absolute atomic E-state index is 0.469. The van der Waals surface area contributed by atoms with Crippen molar-refractivity contribution in [3.8, 4) is 0 Å². The maximum atomic E-state index is 12.5. The van der Waals surface area contributed by atoms with E-state index in [1.54, 1.807) is 10.4 Å². The van der Waals surface area contributed by atoms with Crippen LogP contribution in [0, 0.1) is 0 Å². The summed E-state index contributed by atoms with van der Waals surface area (Å²) in [4.78, 5) is 1.12. The minimum atomic E-state index is -3.31. The van der Waals surface area contributed by atoms with Crippen LogP contribution in [0.15, 0.2) is 28.0 Å². The summed E-state index contributed by atoms with van der Waals surface area (Å²) in [5, 5.41) is 3.25. The predicted octanol–water partition coefficient (Wildman–Crippen LogP) is 2.24. The second kappa shape index (κ2) is 6.85. The van der Waals surface area contributed by atoms with Crippen molar-refractivity contribution in [3.05, 3.63) is 28.7 Å². The Bertz CT molecular complexity index is 576. The molecule has 2 heterocycles. The zero-order valence-electron chi connectivity index (χ0n) is 12.1. The van der Waals surface area contributed by atoms with Crippen molar-refractivity contribution >= 4 is 21.4 Å². The van der Waals surface area contributed by atoms with Crippen LogP contribution >= 0.6 is 11.3 Å². The third-order valence-electron chi connectivity index (χ3n) is 3.43. The summed E-state index contributed by atoms with van der Waals surface area (Å²) in [6.45, 7) is 7.04. The number of hydrogen-bond donors (Lipinski definition) is 1. The summed E-state index contributed by atoms with van der Waals surface area (Å²) in [6, 6.07) is 3.67. The van der Waals surface area contributed by atoms with Gasteiger partial charge in [-0.2, -0.15) is 4.31 Å². The molecule has 1 aromatic rings. The van der Waals surface area contributed by atoms with Gasteiger partial charge in [0.2, 0.25) is 0 Å². The van der Waals surface area contributed by atoms with Crippen LogP contribution in [0.3, 0.4) is 0 Å². The molecule has 0 saturated heterocycles. The first-order valence-electron chi connectivity index (χ1n) is 6.99. The monoisotopic (exact) mass is 314 g/mol. The van der Waals surface area contributed by atoms with Gasteiger partial charge in [0.1, 0.15) is 4.21 Å². The fourth-order valence-corrected chi connectivity index (χ4v) is 5.01. The van der Waals surface area contributed by atoms with Gasteiger partial charge in [-0.1, -0.05) is 18.6 Å². The molecule has 0 bridgehead atoms. The van der Waals surface area contributed by atoms with Crippen LogP contribution in [-0.2, 0) is 16.4 Å². The van der Waals surface area contributed by atoms with E-state index in [4.69, 9.17) is 0 Å².